The molecule has 2 atom stereocenters. The average molecular weight is 368 g/mol. The molecule has 0 aliphatic carbocycles. The molecule has 0 spiro atoms. The van der Waals surface area contributed by atoms with Crippen molar-refractivity contribution in [1.29, 1.82) is 0 Å². The number of rotatable bonds is 2. The van der Waals surface area contributed by atoms with E-state index in [1.807, 2.05) is 0 Å². The molecule has 1 heterocycles. The zero-order chi connectivity index (χ0) is 13.1. The molecule has 1 aliphatic rings. The summed E-state index contributed by atoms with van der Waals surface area (Å²) in [5, 5.41) is 7.04. The van der Waals surface area contributed by atoms with E-state index in [-0.39, 0.29) is 24.4 Å². The van der Waals surface area contributed by atoms with E-state index >= 15 is 0 Å². The van der Waals surface area contributed by atoms with Gasteiger partial charge < -0.3 is 10.6 Å². The number of carbonyl (C=O) groups is 1. The fourth-order valence-corrected chi connectivity index (χ4v) is 2.63. The molecule has 106 valence electrons. The first-order valence-corrected chi connectivity index (χ1v) is 7.24. The molecule has 2 N–H and O–H groups in total. The van der Waals surface area contributed by atoms with Crippen LogP contribution in [-0.4, -0.2) is 24.5 Å². The van der Waals surface area contributed by atoms with Crippen molar-refractivity contribution in [2.24, 2.45) is 0 Å². The first-order valence-electron chi connectivity index (χ1n) is 6.07. The van der Waals surface area contributed by atoms with Gasteiger partial charge in [-0.05, 0) is 60.4 Å². The summed E-state index contributed by atoms with van der Waals surface area (Å²) in [6, 6.07) is 5.73. The molecule has 0 saturated carbocycles. The van der Waals surface area contributed by atoms with Gasteiger partial charge in [0.25, 0.3) is 5.91 Å². The van der Waals surface area contributed by atoms with Gasteiger partial charge in [-0.3, -0.25) is 4.79 Å². The standard InChI is InChI=1S/C13H16BrClN2O.ClH/c1-8-12(3-2-6-16-8)17-13(18)9-4-5-11(15)10(14)7-9;/h4-5,7-8,12,16H,2-3,6H2,1H3,(H,17,18);1H. The molecule has 1 aliphatic heterocycles. The lowest BCUT2D eigenvalue weighted by Crippen LogP contribution is -2.51. The lowest BCUT2D eigenvalue weighted by atomic mass is 9.99. The summed E-state index contributed by atoms with van der Waals surface area (Å²) < 4.78 is 0.742. The minimum absolute atomic E-state index is 0. The van der Waals surface area contributed by atoms with Crippen LogP contribution >= 0.6 is 39.9 Å². The number of nitrogens with one attached hydrogen (secondary N) is 2. The van der Waals surface area contributed by atoms with Gasteiger partial charge in [0.05, 0.1) is 5.02 Å². The molecule has 0 bridgehead atoms. The van der Waals surface area contributed by atoms with E-state index in [9.17, 15) is 4.79 Å². The van der Waals surface area contributed by atoms with E-state index < -0.39 is 0 Å². The maximum Gasteiger partial charge on any atom is 0.251 e. The number of hydrogen-bond donors (Lipinski definition) is 2. The third-order valence-corrected chi connectivity index (χ3v) is 4.47. The molecule has 19 heavy (non-hydrogen) atoms. The van der Waals surface area contributed by atoms with E-state index in [4.69, 9.17) is 11.6 Å². The van der Waals surface area contributed by atoms with Crippen LogP contribution in [0.1, 0.15) is 30.1 Å². The van der Waals surface area contributed by atoms with Gasteiger partial charge >= 0.3 is 0 Å². The van der Waals surface area contributed by atoms with Gasteiger partial charge in [0.1, 0.15) is 0 Å². The summed E-state index contributed by atoms with van der Waals surface area (Å²) in [6.07, 6.45) is 2.12. The summed E-state index contributed by atoms with van der Waals surface area (Å²) in [7, 11) is 0. The van der Waals surface area contributed by atoms with Crippen LogP contribution in [-0.2, 0) is 0 Å². The van der Waals surface area contributed by atoms with Crippen LogP contribution in [0, 0.1) is 0 Å². The largest absolute Gasteiger partial charge is 0.348 e. The summed E-state index contributed by atoms with van der Waals surface area (Å²) in [5.41, 5.74) is 0.629. The van der Waals surface area contributed by atoms with E-state index in [2.05, 4.69) is 33.5 Å². The quantitative estimate of drug-likeness (QED) is 0.841. The van der Waals surface area contributed by atoms with E-state index in [1.54, 1.807) is 18.2 Å². The molecule has 2 rings (SSSR count). The monoisotopic (exact) mass is 366 g/mol. The molecular formula is C13H17BrCl2N2O. The van der Waals surface area contributed by atoms with Gasteiger partial charge in [-0.15, -0.1) is 12.4 Å². The smallest absolute Gasteiger partial charge is 0.251 e. The van der Waals surface area contributed by atoms with E-state index in [0.717, 1.165) is 23.9 Å². The SMILES string of the molecule is CC1NCCCC1NC(=O)c1ccc(Cl)c(Br)c1.Cl. The lowest BCUT2D eigenvalue weighted by molar-refractivity contribution is 0.0920. The summed E-state index contributed by atoms with van der Waals surface area (Å²) in [5.74, 6) is -0.0482. The second kappa shape index (κ2) is 7.48. The Balaban J connectivity index is 0.00000180. The zero-order valence-corrected chi connectivity index (χ0v) is 13.7. The minimum Gasteiger partial charge on any atom is -0.348 e. The fraction of sp³-hybridized carbons (Fsp3) is 0.462. The highest BCUT2D eigenvalue weighted by Crippen LogP contribution is 2.23. The Morgan fingerprint density at radius 2 is 2.26 bits per heavy atom. The summed E-state index contributed by atoms with van der Waals surface area (Å²) in [6.45, 7) is 3.13. The van der Waals surface area contributed by atoms with Crippen LogP contribution in [0.15, 0.2) is 22.7 Å². The van der Waals surface area contributed by atoms with Crippen molar-refractivity contribution in [3.8, 4) is 0 Å². The summed E-state index contributed by atoms with van der Waals surface area (Å²) >= 11 is 9.24. The van der Waals surface area contributed by atoms with E-state index in [0.29, 0.717) is 16.6 Å². The predicted octanol–water partition coefficient (Wildman–Crippen LogP) is 3.39. The first kappa shape index (κ1) is 16.8. The molecule has 1 aromatic rings. The zero-order valence-electron chi connectivity index (χ0n) is 10.6. The minimum atomic E-state index is -0.0482. The van der Waals surface area contributed by atoms with Crippen molar-refractivity contribution in [2.75, 3.05) is 6.54 Å². The number of hydrogen-bond acceptors (Lipinski definition) is 2. The lowest BCUT2D eigenvalue weighted by Gasteiger charge is -2.30. The molecule has 1 fully saturated rings. The molecule has 2 unspecified atom stereocenters. The Morgan fingerprint density at radius 1 is 1.53 bits per heavy atom. The normalized spacial score (nSPS) is 22.5. The number of piperidine rings is 1. The Bertz CT molecular complexity index is 456. The van der Waals surface area contributed by atoms with E-state index in [1.165, 1.54) is 0 Å². The highest BCUT2D eigenvalue weighted by atomic mass is 79.9. The Hall–Kier alpha value is -0.290. The molecule has 1 saturated heterocycles. The first-order chi connectivity index (χ1) is 8.58. The highest BCUT2D eigenvalue weighted by Gasteiger charge is 2.22. The number of halogens is 3. The number of benzene rings is 1. The van der Waals surface area contributed by atoms with Gasteiger partial charge in [-0.1, -0.05) is 11.6 Å². The Kier molecular flexibility index (Phi) is 6.60. The number of carbonyl (C=O) groups excluding carboxylic acids is 1. The molecular weight excluding hydrogens is 351 g/mol. The summed E-state index contributed by atoms with van der Waals surface area (Å²) in [4.78, 5) is 12.1. The molecule has 1 amide bonds. The highest BCUT2D eigenvalue weighted by molar-refractivity contribution is 9.10. The average Bonchev–Trinajstić information content (AvgIpc) is 2.35. The van der Waals surface area contributed by atoms with Gasteiger partial charge in [0.15, 0.2) is 0 Å². The van der Waals surface area contributed by atoms with Crippen LogP contribution in [0.25, 0.3) is 0 Å². The van der Waals surface area contributed by atoms with Gasteiger partial charge in [0.2, 0.25) is 0 Å². The maximum atomic E-state index is 12.1. The second-order valence-electron chi connectivity index (χ2n) is 4.59. The van der Waals surface area contributed by atoms with Crippen LogP contribution in [0.5, 0.6) is 0 Å². The fourth-order valence-electron chi connectivity index (χ4n) is 2.13. The second-order valence-corrected chi connectivity index (χ2v) is 5.86. The Morgan fingerprint density at radius 3 is 2.89 bits per heavy atom. The van der Waals surface area contributed by atoms with Gasteiger partial charge in [0, 0.05) is 22.1 Å². The van der Waals surface area contributed by atoms with Crippen molar-refractivity contribution in [3.63, 3.8) is 0 Å². The van der Waals surface area contributed by atoms with Crippen LogP contribution < -0.4 is 10.6 Å². The van der Waals surface area contributed by atoms with Crippen molar-refractivity contribution in [2.45, 2.75) is 31.8 Å². The maximum absolute atomic E-state index is 12.1. The third kappa shape index (κ3) is 4.35. The van der Waals surface area contributed by atoms with Crippen molar-refractivity contribution < 1.29 is 4.79 Å². The van der Waals surface area contributed by atoms with Crippen LogP contribution in [0.3, 0.4) is 0 Å². The molecule has 0 aromatic heterocycles. The van der Waals surface area contributed by atoms with Crippen molar-refractivity contribution >= 4 is 45.8 Å². The molecule has 6 heteroatoms. The third-order valence-electron chi connectivity index (χ3n) is 3.26. The molecule has 0 radical (unpaired) electrons. The van der Waals surface area contributed by atoms with Gasteiger partial charge in [-0.2, -0.15) is 0 Å². The van der Waals surface area contributed by atoms with Crippen LogP contribution in [0.2, 0.25) is 5.02 Å². The Labute approximate surface area is 133 Å². The van der Waals surface area contributed by atoms with Crippen LogP contribution in [0.4, 0.5) is 0 Å². The molecule has 3 nitrogen and oxygen atoms in total. The van der Waals surface area contributed by atoms with Crippen molar-refractivity contribution in [1.82, 2.24) is 10.6 Å². The predicted molar refractivity (Wildman–Crippen MR) is 84.4 cm³/mol. The van der Waals surface area contributed by atoms with Crippen molar-refractivity contribution in [3.05, 3.63) is 33.3 Å². The topological polar surface area (TPSA) is 41.1 Å². The molecule has 1 aromatic carbocycles. The number of amides is 1. The van der Waals surface area contributed by atoms with Gasteiger partial charge in [-0.25, -0.2) is 0 Å².